The summed E-state index contributed by atoms with van der Waals surface area (Å²) in [6.45, 7) is 2.13. The van der Waals surface area contributed by atoms with E-state index >= 15 is 0 Å². The molecular weight excluding hydrogens is 384 g/mol. The Morgan fingerprint density at radius 2 is 1.89 bits per heavy atom. The highest BCUT2D eigenvalue weighted by atomic mass is 32.1. The fourth-order valence-electron chi connectivity index (χ4n) is 3.09. The number of nitrogens with zero attached hydrogens (tertiary/aromatic N) is 4. The fraction of sp³-hybridized carbons (Fsp3) is 0.222. The minimum absolute atomic E-state index is 0.0880. The smallest absolute Gasteiger partial charge is 0.292 e. The van der Waals surface area contributed by atoms with Gasteiger partial charge in [-0.05, 0) is 17.5 Å². The normalized spacial score (nSPS) is 14.4. The molecular formula is C18H16N4O3S2. The molecule has 9 heteroatoms. The average Bonchev–Trinajstić information content (AvgIpc) is 3.39. The van der Waals surface area contributed by atoms with Crippen molar-refractivity contribution in [1.82, 2.24) is 9.88 Å². The lowest BCUT2D eigenvalue weighted by Gasteiger charge is -2.35. The molecule has 1 amide bonds. The quantitative estimate of drug-likeness (QED) is 0.492. The van der Waals surface area contributed by atoms with Crippen LogP contribution in [0.2, 0.25) is 0 Å². The van der Waals surface area contributed by atoms with Crippen LogP contribution < -0.4 is 4.90 Å². The summed E-state index contributed by atoms with van der Waals surface area (Å²) in [5, 5.41) is 17.9. The molecule has 3 aromatic rings. The zero-order chi connectivity index (χ0) is 18.8. The van der Waals surface area contributed by atoms with Gasteiger partial charge in [0.15, 0.2) is 0 Å². The highest BCUT2D eigenvalue weighted by Crippen LogP contribution is 2.29. The Morgan fingerprint density at radius 1 is 1.11 bits per heavy atom. The van der Waals surface area contributed by atoms with E-state index in [1.165, 1.54) is 17.4 Å². The highest BCUT2D eigenvalue weighted by Gasteiger charge is 2.27. The van der Waals surface area contributed by atoms with Crippen LogP contribution in [0, 0.1) is 10.1 Å². The maximum absolute atomic E-state index is 12.7. The first-order valence-electron chi connectivity index (χ1n) is 8.39. The first-order chi connectivity index (χ1) is 13.1. The first kappa shape index (κ1) is 17.6. The summed E-state index contributed by atoms with van der Waals surface area (Å²) in [6, 6.07) is 8.70. The van der Waals surface area contributed by atoms with Crippen molar-refractivity contribution in [2.24, 2.45) is 0 Å². The Balaban J connectivity index is 1.44. The van der Waals surface area contributed by atoms with Crippen LogP contribution in [0.25, 0.3) is 10.6 Å². The zero-order valence-electron chi connectivity index (χ0n) is 14.3. The molecule has 7 nitrogen and oxygen atoms in total. The molecule has 27 heavy (non-hydrogen) atoms. The number of carbonyl (C=O) groups is 1. The third-order valence-electron chi connectivity index (χ3n) is 4.48. The Morgan fingerprint density at radius 3 is 2.59 bits per heavy atom. The minimum Gasteiger partial charge on any atom is -0.362 e. The van der Waals surface area contributed by atoms with E-state index in [0.29, 0.717) is 37.6 Å². The molecule has 2 aromatic heterocycles. The molecule has 0 spiro atoms. The summed E-state index contributed by atoms with van der Waals surface area (Å²) in [5.41, 5.74) is 2.19. The van der Waals surface area contributed by atoms with Crippen molar-refractivity contribution >= 4 is 40.0 Å². The van der Waals surface area contributed by atoms with Crippen LogP contribution in [-0.4, -0.2) is 46.9 Å². The lowest BCUT2D eigenvalue weighted by atomic mass is 10.2. The molecule has 3 heterocycles. The number of nitro groups is 1. The molecule has 0 radical (unpaired) electrons. The second-order valence-corrected chi connectivity index (χ2v) is 7.71. The molecule has 0 N–H and O–H groups in total. The monoisotopic (exact) mass is 400 g/mol. The van der Waals surface area contributed by atoms with Crippen molar-refractivity contribution in [3.8, 4) is 10.6 Å². The van der Waals surface area contributed by atoms with E-state index in [2.05, 4.69) is 4.98 Å². The van der Waals surface area contributed by atoms with Crippen LogP contribution in [0.4, 0.5) is 11.4 Å². The van der Waals surface area contributed by atoms with Crippen molar-refractivity contribution in [1.29, 1.82) is 0 Å². The number of nitro benzene ring substituents is 1. The van der Waals surface area contributed by atoms with Crippen LogP contribution in [0.15, 0.2) is 46.5 Å². The molecule has 1 aliphatic heterocycles. The molecule has 1 aliphatic rings. The number of carbonyl (C=O) groups excluding carboxylic acids is 1. The van der Waals surface area contributed by atoms with Gasteiger partial charge in [0.25, 0.3) is 11.6 Å². The minimum atomic E-state index is -0.367. The molecule has 1 saturated heterocycles. The molecule has 0 unspecified atom stereocenters. The topological polar surface area (TPSA) is 79.6 Å². The molecule has 138 valence electrons. The van der Waals surface area contributed by atoms with Crippen LogP contribution in [0.5, 0.6) is 0 Å². The SMILES string of the molecule is O=C(c1csc(-c2ccsc2)n1)N1CCN(c2ccccc2[N+](=O)[O-])CC1. The number of thiazole rings is 1. The number of anilines is 1. The summed E-state index contributed by atoms with van der Waals surface area (Å²) >= 11 is 3.06. The summed E-state index contributed by atoms with van der Waals surface area (Å²) < 4.78 is 0. The molecule has 1 aromatic carbocycles. The summed E-state index contributed by atoms with van der Waals surface area (Å²) in [5.74, 6) is -0.0880. The number of para-hydroxylation sites is 2. The van der Waals surface area contributed by atoms with Gasteiger partial charge < -0.3 is 9.80 Å². The van der Waals surface area contributed by atoms with Gasteiger partial charge in [0.2, 0.25) is 0 Å². The summed E-state index contributed by atoms with van der Waals surface area (Å²) in [6.07, 6.45) is 0. The van der Waals surface area contributed by atoms with Crippen LogP contribution in [0.3, 0.4) is 0 Å². The standard InChI is InChI=1S/C18H16N4O3S2/c23-18(14-12-27-17(19-14)13-5-10-26-11-13)21-8-6-20(7-9-21)15-3-1-2-4-16(15)22(24)25/h1-5,10-12H,6-9H2. The van der Waals surface area contributed by atoms with Crippen LogP contribution in [0.1, 0.15) is 10.5 Å². The van der Waals surface area contributed by atoms with Gasteiger partial charge in [-0.3, -0.25) is 14.9 Å². The number of piperazine rings is 1. The van der Waals surface area contributed by atoms with Gasteiger partial charge in [0.05, 0.1) is 4.92 Å². The van der Waals surface area contributed by atoms with Crippen molar-refractivity contribution in [3.63, 3.8) is 0 Å². The van der Waals surface area contributed by atoms with Gasteiger partial charge in [-0.15, -0.1) is 11.3 Å². The molecule has 0 saturated carbocycles. The van der Waals surface area contributed by atoms with Crippen molar-refractivity contribution in [2.45, 2.75) is 0 Å². The van der Waals surface area contributed by atoms with E-state index in [9.17, 15) is 14.9 Å². The van der Waals surface area contributed by atoms with Gasteiger partial charge in [0, 0.05) is 48.6 Å². The number of amides is 1. The number of hydrogen-bond acceptors (Lipinski definition) is 7. The highest BCUT2D eigenvalue weighted by molar-refractivity contribution is 7.14. The van der Waals surface area contributed by atoms with Gasteiger partial charge in [-0.1, -0.05) is 12.1 Å². The third kappa shape index (κ3) is 3.56. The molecule has 0 bridgehead atoms. The maximum Gasteiger partial charge on any atom is 0.292 e. The fourth-order valence-corrected chi connectivity index (χ4v) is 4.60. The Bertz CT molecular complexity index is 963. The summed E-state index contributed by atoms with van der Waals surface area (Å²) in [7, 11) is 0. The second kappa shape index (κ2) is 7.45. The lowest BCUT2D eigenvalue weighted by molar-refractivity contribution is -0.384. The zero-order valence-corrected chi connectivity index (χ0v) is 15.9. The number of aromatic nitrogens is 1. The van der Waals surface area contributed by atoms with Crippen molar-refractivity contribution in [3.05, 3.63) is 62.3 Å². The van der Waals surface area contributed by atoms with E-state index in [1.807, 2.05) is 21.7 Å². The molecule has 4 rings (SSSR count). The average molecular weight is 400 g/mol. The van der Waals surface area contributed by atoms with Gasteiger partial charge in [-0.2, -0.15) is 11.3 Å². The van der Waals surface area contributed by atoms with Crippen LogP contribution in [-0.2, 0) is 0 Å². The van der Waals surface area contributed by atoms with E-state index < -0.39 is 0 Å². The van der Waals surface area contributed by atoms with Gasteiger partial charge in [-0.25, -0.2) is 4.98 Å². The maximum atomic E-state index is 12.7. The lowest BCUT2D eigenvalue weighted by Crippen LogP contribution is -2.49. The van der Waals surface area contributed by atoms with E-state index in [0.717, 1.165) is 10.6 Å². The van der Waals surface area contributed by atoms with Crippen molar-refractivity contribution < 1.29 is 9.72 Å². The third-order valence-corrected chi connectivity index (χ3v) is 6.05. The Kier molecular flexibility index (Phi) is 4.87. The first-order valence-corrected chi connectivity index (χ1v) is 10.2. The summed E-state index contributed by atoms with van der Waals surface area (Å²) in [4.78, 5) is 31.8. The van der Waals surface area contributed by atoms with Crippen LogP contribution >= 0.6 is 22.7 Å². The second-order valence-electron chi connectivity index (χ2n) is 6.07. The van der Waals surface area contributed by atoms with Gasteiger partial charge >= 0.3 is 0 Å². The number of rotatable bonds is 4. The van der Waals surface area contributed by atoms with E-state index in [4.69, 9.17) is 0 Å². The van der Waals surface area contributed by atoms with E-state index in [-0.39, 0.29) is 16.5 Å². The molecule has 1 fully saturated rings. The van der Waals surface area contributed by atoms with Gasteiger partial charge in [0.1, 0.15) is 16.4 Å². The molecule has 0 aliphatic carbocycles. The number of hydrogen-bond donors (Lipinski definition) is 0. The van der Waals surface area contributed by atoms with Crippen molar-refractivity contribution in [2.75, 3.05) is 31.1 Å². The predicted octanol–water partition coefficient (Wildman–Crippen LogP) is 3.74. The number of thiophene rings is 1. The largest absolute Gasteiger partial charge is 0.362 e. The molecule has 0 atom stereocenters. The number of benzene rings is 1. The predicted molar refractivity (Wildman–Crippen MR) is 107 cm³/mol. The Labute approximate surface area is 163 Å². The Hall–Kier alpha value is -2.78. The van der Waals surface area contributed by atoms with E-state index in [1.54, 1.807) is 39.8 Å².